The fraction of sp³-hybridized carbons (Fsp3) is 0.314. The fourth-order valence-corrected chi connectivity index (χ4v) is 5.69. The Bertz CT molecular complexity index is 1340. The minimum Gasteiger partial charge on any atom is -0.374 e. The Hall–Kier alpha value is -2.88. The van der Waals surface area contributed by atoms with Gasteiger partial charge in [-0.2, -0.15) is 0 Å². The van der Waals surface area contributed by atoms with Crippen molar-refractivity contribution in [3.05, 3.63) is 142 Å². The van der Waals surface area contributed by atoms with Gasteiger partial charge in [-0.15, -0.1) is 0 Å². The largest absolute Gasteiger partial charge is 0.374 e. The van der Waals surface area contributed by atoms with Gasteiger partial charge in [0, 0.05) is 18.7 Å². The predicted octanol–water partition coefficient (Wildman–Crippen LogP) is 7.26. The number of hydrogen-bond donors (Lipinski definition) is 0. The first-order valence-corrected chi connectivity index (χ1v) is 14.9. The summed E-state index contributed by atoms with van der Waals surface area (Å²) in [6.07, 6.45) is -3.40. The van der Waals surface area contributed by atoms with Crippen molar-refractivity contribution in [2.45, 2.75) is 56.6 Å². The summed E-state index contributed by atoms with van der Waals surface area (Å²) in [4.78, 5) is 0. The van der Waals surface area contributed by atoms with Gasteiger partial charge in [-0.25, -0.2) is 0 Å². The molecule has 1 aliphatic heterocycles. The van der Waals surface area contributed by atoms with Crippen molar-refractivity contribution in [1.29, 1.82) is 0 Å². The van der Waals surface area contributed by atoms with Gasteiger partial charge >= 0.3 is 0 Å². The average molecular weight is 634 g/mol. The molecule has 6 atom stereocenters. The second-order valence-corrected chi connectivity index (χ2v) is 11.1. The first kappa shape index (κ1) is 30.6. The van der Waals surface area contributed by atoms with Gasteiger partial charge in [0.2, 0.25) is 0 Å². The lowest BCUT2D eigenvalue weighted by molar-refractivity contribution is -0.331. The summed E-state index contributed by atoms with van der Waals surface area (Å²) >= 11 is 3.60. The van der Waals surface area contributed by atoms with E-state index in [-0.39, 0.29) is 0 Å². The third-order valence-electron chi connectivity index (χ3n) is 7.35. The summed E-state index contributed by atoms with van der Waals surface area (Å²) in [5.74, 6) is 0. The third kappa shape index (κ3) is 7.94. The van der Waals surface area contributed by atoms with Gasteiger partial charge in [0.15, 0.2) is 6.29 Å². The second kappa shape index (κ2) is 15.5. The van der Waals surface area contributed by atoms with Gasteiger partial charge in [0.25, 0.3) is 0 Å². The molecule has 1 fully saturated rings. The molecular weight excluding hydrogens is 596 g/mol. The van der Waals surface area contributed by atoms with Crippen LogP contribution in [0.2, 0.25) is 0 Å². The normalized spacial score (nSPS) is 23.0. The Kier molecular flexibility index (Phi) is 11.3. The van der Waals surface area contributed by atoms with Crippen LogP contribution in [0.15, 0.2) is 120 Å². The topological polar surface area (TPSA) is 55.4 Å². The van der Waals surface area contributed by atoms with E-state index in [1.54, 1.807) is 14.2 Å². The summed E-state index contributed by atoms with van der Waals surface area (Å²) in [6, 6.07) is 38.3. The van der Waals surface area contributed by atoms with E-state index in [0.29, 0.717) is 19.8 Å². The Morgan fingerprint density at radius 3 is 1.60 bits per heavy atom. The monoisotopic (exact) mass is 632 g/mol. The standard InChI is InChI=1S/C35H37BrO6/c1-37-30(28-19-12-20-29(36)21-28)33-31(39-22-25-13-6-3-7-14-25)32(40-23-26-15-8-4-9-16-26)34(35(38-2)42-33)41-24-27-17-10-5-11-18-27/h3-21,30-35H,22-24H2,1-2H3/t30?,31-,32-,33+,34+,35-/m0/s1. The Morgan fingerprint density at radius 2 is 1.12 bits per heavy atom. The van der Waals surface area contributed by atoms with Crippen LogP contribution in [0.25, 0.3) is 0 Å². The van der Waals surface area contributed by atoms with Crippen LogP contribution >= 0.6 is 15.9 Å². The molecule has 220 valence electrons. The van der Waals surface area contributed by atoms with Crippen molar-refractivity contribution in [3.8, 4) is 0 Å². The van der Waals surface area contributed by atoms with Crippen LogP contribution < -0.4 is 0 Å². The first-order chi connectivity index (χ1) is 20.7. The van der Waals surface area contributed by atoms with Crippen LogP contribution in [0.3, 0.4) is 0 Å². The molecule has 1 saturated heterocycles. The predicted molar refractivity (Wildman–Crippen MR) is 165 cm³/mol. The molecule has 1 unspecified atom stereocenters. The van der Waals surface area contributed by atoms with Crippen molar-refractivity contribution in [2.75, 3.05) is 14.2 Å². The molecule has 0 bridgehead atoms. The number of rotatable bonds is 13. The van der Waals surface area contributed by atoms with Gasteiger partial charge in [0.1, 0.15) is 30.5 Å². The number of hydrogen-bond acceptors (Lipinski definition) is 6. The van der Waals surface area contributed by atoms with E-state index in [0.717, 1.165) is 26.7 Å². The van der Waals surface area contributed by atoms with E-state index in [9.17, 15) is 0 Å². The molecule has 0 spiro atoms. The molecular formula is C35H37BrO6. The number of ether oxygens (including phenoxy) is 6. The first-order valence-electron chi connectivity index (χ1n) is 14.1. The second-order valence-electron chi connectivity index (χ2n) is 10.2. The van der Waals surface area contributed by atoms with E-state index >= 15 is 0 Å². The maximum atomic E-state index is 6.72. The highest BCUT2D eigenvalue weighted by molar-refractivity contribution is 9.10. The number of benzene rings is 4. The highest BCUT2D eigenvalue weighted by Gasteiger charge is 2.51. The summed E-state index contributed by atoms with van der Waals surface area (Å²) in [5, 5.41) is 0. The highest BCUT2D eigenvalue weighted by atomic mass is 79.9. The number of methoxy groups -OCH3 is 2. The molecule has 0 N–H and O–H groups in total. The maximum Gasteiger partial charge on any atom is 0.186 e. The van der Waals surface area contributed by atoms with E-state index in [2.05, 4.69) is 15.9 Å². The zero-order chi connectivity index (χ0) is 29.1. The molecule has 7 heteroatoms. The SMILES string of the molecule is COC(c1cccc(Br)c1)[C@H]1O[C@H](OC)[C@H](OCc2ccccc2)[C@@H](OCc2ccccc2)[C@@H]1OCc1ccccc1. The van der Waals surface area contributed by atoms with Crippen LogP contribution in [-0.4, -0.2) is 44.9 Å². The van der Waals surface area contributed by atoms with E-state index in [4.69, 9.17) is 28.4 Å². The molecule has 0 aliphatic carbocycles. The van der Waals surface area contributed by atoms with Crippen LogP contribution in [-0.2, 0) is 48.2 Å². The Balaban J connectivity index is 1.50. The van der Waals surface area contributed by atoms with Gasteiger partial charge < -0.3 is 28.4 Å². The summed E-state index contributed by atoms with van der Waals surface area (Å²) in [5.41, 5.74) is 4.09. The van der Waals surface area contributed by atoms with Crippen LogP contribution in [0.5, 0.6) is 0 Å². The van der Waals surface area contributed by atoms with Gasteiger partial charge in [-0.3, -0.25) is 0 Å². The summed E-state index contributed by atoms with van der Waals surface area (Å²) < 4.78 is 39.6. The molecule has 0 aromatic heterocycles. The molecule has 0 saturated carbocycles. The molecule has 0 amide bonds. The van der Waals surface area contributed by atoms with E-state index < -0.39 is 36.8 Å². The number of halogens is 1. The fourth-order valence-electron chi connectivity index (χ4n) is 5.27. The van der Waals surface area contributed by atoms with Crippen molar-refractivity contribution in [2.24, 2.45) is 0 Å². The van der Waals surface area contributed by atoms with Crippen molar-refractivity contribution in [3.63, 3.8) is 0 Å². The van der Waals surface area contributed by atoms with Crippen LogP contribution in [0.1, 0.15) is 28.4 Å². The molecule has 4 aromatic carbocycles. The zero-order valence-electron chi connectivity index (χ0n) is 23.9. The zero-order valence-corrected chi connectivity index (χ0v) is 25.5. The molecule has 6 nitrogen and oxygen atoms in total. The molecule has 0 radical (unpaired) electrons. The van der Waals surface area contributed by atoms with Gasteiger partial charge in [0.05, 0.1) is 19.8 Å². The van der Waals surface area contributed by atoms with Crippen molar-refractivity contribution >= 4 is 15.9 Å². The molecule has 1 heterocycles. The minimum absolute atomic E-state index is 0.370. The average Bonchev–Trinajstić information content (AvgIpc) is 3.04. The van der Waals surface area contributed by atoms with Crippen LogP contribution in [0.4, 0.5) is 0 Å². The maximum absolute atomic E-state index is 6.72. The molecule has 42 heavy (non-hydrogen) atoms. The van der Waals surface area contributed by atoms with E-state index in [1.807, 2.05) is 115 Å². The van der Waals surface area contributed by atoms with Crippen molar-refractivity contribution < 1.29 is 28.4 Å². The van der Waals surface area contributed by atoms with Gasteiger partial charge in [-0.05, 0) is 34.4 Å². The Labute approximate surface area is 256 Å². The summed E-state index contributed by atoms with van der Waals surface area (Å²) in [7, 11) is 3.31. The molecule has 4 aromatic rings. The minimum atomic E-state index is -0.721. The quantitative estimate of drug-likeness (QED) is 0.155. The lowest BCUT2D eigenvalue weighted by atomic mass is 9.91. The molecule has 1 aliphatic rings. The summed E-state index contributed by atoms with van der Waals surface area (Å²) in [6.45, 7) is 1.11. The van der Waals surface area contributed by atoms with E-state index in [1.165, 1.54) is 0 Å². The van der Waals surface area contributed by atoms with Crippen LogP contribution in [0, 0.1) is 0 Å². The Morgan fingerprint density at radius 1 is 0.619 bits per heavy atom. The highest BCUT2D eigenvalue weighted by Crippen LogP contribution is 2.38. The molecule has 5 rings (SSSR count). The van der Waals surface area contributed by atoms with Crippen molar-refractivity contribution in [1.82, 2.24) is 0 Å². The lowest BCUT2D eigenvalue weighted by Crippen LogP contribution is -2.62. The lowest BCUT2D eigenvalue weighted by Gasteiger charge is -2.47. The van der Waals surface area contributed by atoms with Gasteiger partial charge in [-0.1, -0.05) is 119 Å². The smallest absolute Gasteiger partial charge is 0.186 e. The third-order valence-corrected chi connectivity index (χ3v) is 7.84.